The Kier molecular flexibility index (Phi) is 8.25. The van der Waals surface area contributed by atoms with E-state index in [1.807, 2.05) is 24.5 Å². The normalized spacial score (nSPS) is 15.7. The highest BCUT2D eigenvalue weighted by molar-refractivity contribution is 5.43. The number of nitrogens with zero attached hydrogens (tertiary/aromatic N) is 3. The van der Waals surface area contributed by atoms with Crippen molar-refractivity contribution < 1.29 is 23.7 Å². The van der Waals surface area contributed by atoms with Crippen LogP contribution in [0.25, 0.3) is 0 Å². The van der Waals surface area contributed by atoms with Crippen molar-refractivity contribution in [2.75, 3.05) is 33.4 Å². The SMILES string of the molecule is CCc1nccn1CCOc1ccc(CN2CCC(O)(COc3ccc(F)cc3)CC2)cc1OC. The van der Waals surface area contributed by atoms with Crippen molar-refractivity contribution >= 4 is 0 Å². The lowest BCUT2D eigenvalue weighted by molar-refractivity contribution is -0.0537. The van der Waals surface area contributed by atoms with Gasteiger partial charge in [-0.05, 0) is 54.8 Å². The van der Waals surface area contributed by atoms with Gasteiger partial charge < -0.3 is 23.9 Å². The summed E-state index contributed by atoms with van der Waals surface area (Å²) in [5, 5.41) is 10.9. The molecular formula is C27H34FN3O4. The maximum absolute atomic E-state index is 13.1. The molecule has 8 heteroatoms. The number of rotatable bonds is 11. The molecule has 1 fully saturated rings. The fourth-order valence-electron chi connectivity index (χ4n) is 4.32. The molecule has 0 unspecified atom stereocenters. The van der Waals surface area contributed by atoms with Crippen LogP contribution in [0, 0.1) is 5.82 Å². The number of aliphatic hydroxyl groups is 1. The largest absolute Gasteiger partial charge is 0.493 e. The second kappa shape index (κ2) is 11.6. The standard InChI is InChI=1S/C27H34FN3O4/c1-3-26-29-12-15-31(26)16-17-34-24-9-4-21(18-25(24)33-2)19-30-13-10-27(32,11-14-30)20-35-23-7-5-22(28)6-8-23/h4-9,12,15,18,32H,3,10-11,13-14,16-17,19-20H2,1-2H3. The molecule has 2 aromatic carbocycles. The van der Waals surface area contributed by atoms with Gasteiger partial charge in [-0.2, -0.15) is 0 Å². The van der Waals surface area contributed by atoms with Gasteiger partial charge in [-0.1, -0.05) is 13.0 Å². The summed E-state index contributed by atoms with van der Waals surface area (Å²) in [4.78, 5) is 6.65. The molecule has 35 heavy (non-hydrogen) atoms. The summed E-state index contributed by atoms with van der Waals surface area (Å²) in [6.45, 7) is 5.83. The molecule has 1 aliphatic heterocycles. The van der Waals surface area contributed by atoms with Crippen LogP contribution < -0.4 is 14.2 Å². The maximum Gasteiger partial charge on any atom is 0.161 e. The Bertz CT molecular complexity index is 1080. The van der Waals surface area contributed by atoms with Gasteiger partial charge in [0.2, 0.25) is 0 Å². The molecule has 0 bridgehead atoms. The molecule has 0 spiro atoms. The fraction of sp³-hybridized carbons (Fsp3) is 0.444. The molecule has 0 amide bonds. The topological polar surface area (TPSA) is 69.0 Å². The zero-order chi connectivity index (χ0) is 24.7. The van der Waals surface area contributed by atoms with E-state index in [4.69, 9.17) is 14.2 Å². The first kappa shape index (κ1) is 25.0. The van der Waals surface area contributed by atoms with E-state index in [2.05, 4.69) is 27.4 Å². The molecule has 1 aromatic heterocycles. The van der Waals surface area contributed by atoms with E-state index < -0.39 is 5.60 Å². The Morgan fingerprint density at radius 2 is 1.83 bits per heavy atom. The van der Waals surface area contributed by atoms with Gasteiger partial charge in [0.05, 0.1) is 13.7 Å². The first-order valence-corrected chi connectivity index (χ1v) is 12.1. The average molecular weight is 484 g/mol. The van der Waals surface area contributed by atoms with Gasteiger partial charge >= 0.3 is 0 Å². The zero-order valence-electron chi connectivity index (χ0n) is 20.5. The smallest absolute Gasteiger partial charge is 0.161 e. The molecule has 7 nitrogen and oxygen atoms in total. The first-order chi connectivity index (χ1) is 17.0. The second-order valence-electron chi connectivity index (χ2n) is 8.97. The summed E-state index contributed by atoms with van der Waals surface area (Å²) in [6, 6.07) is 11.9. The van der Waals surface area contributed by atoms with Gasteiger partial charge in [-0.25, -0.2) is 9.37 Å². The lowest BCUT2D eigenvalue weighted by Gasteiger charge is -2.38. The van der Waals surface area contributed by atoms with Crippen LogP contribution in [0.4, 0.5) is 4.39 Å². The molecular weight excluding hydrogens is 449 g/mol. The summed E-state index contributed by atoms with van der Waals surface area (Å²) in [7, 11) is 1.65. The quantitative estimate of drug-likeness (QED) is 0.443. The minimum absolute atomic E-state index is 0.200. The van der Waals surface area contributed by atoms with Crippen LogP contribution in [0.15, 0.2) is 54.9 Å². The van der Waals surface area contributed by atoms with Crippen LogP contribution >= 0.6 is 0 Å². The van der Waals surface area contributed by atoms with E-state index >= 15 is 0 Å². The van der Waals surface area contributed by atoms with Gasteiger partial charge in [0, 0.05) is 38.4 Å². The van der Waals surface area contributed by atoms with E-state index in [0.29, 0.717) is 30.9 Å². The van der Waals surface area contributed by atoms with E-state index in [1.54, 1.807) is 19.2 Å². The van der Waals surface area contributed by atoms with Crippen LogP contribution in [0.3, 0.4) is 0 Å². The number of hydrogen-bond acceptors (Lipinski definition) is 6. The maximum atomic E-state index is 13.1. The first-order valence-electron chi connectivity index (χ1n) is 12.1. The third-order valence-corrected chi connectivity index (χ3v) is 6.45. The monoisotopic (exact) mass is 483 g/mol. The molecule has 1 aliphatic rings. The number of benzene rings is 2. The van der Waals surface area contributed by atoms with Gasteiger partial charge in [0.1, 0.15) is 36.2 Å². The lowest BCUT2D eigenvalue weighted by Crippen LogP contribution is -2.47. The summed E-state index contributed by atoms with van der Waals surface area (Å²) < 4.78 is 32.4. The van der Waals surface area contributed by atoms with Crippen molar-refractivity contribution in [2.45, 2.75) is 44.9 Å². The number of piperidine rings is 1. The van der Waals surface area contributed by atoms with Crippen molar-refractivity contribution in [3.63, 3.8) is 0 Å². The van der Waals surface area contributed by atoms with Crippen LogP contribution in [-0.2, 0) is 19.5 Å². The fourth-order valence-corrected chi connectivity index (χ4v) is 4.32. The minimum Gasteiger partial charge on any atom is -0.493 e. The number of aryl methyl sites for hydroxylation is 1. The molecule has 0 atom stereocenters. The molecule has 3 aromatic rings. The van der Waals surface area contributed by atoms with Gasteiger partial charge in [-0.15, -0.1) is 0 Å². The predicted molar refractivity (Wildman–Crippen MR) is 131 cm³/mol. The molecule has 1 saturated heterocycles. The zero-order valence-corrected chi connectivity index (χ0v) is 20.5. The van der Waals surface area contributed by atoms with Crippen molar-refractivity contribution in [1.82, 2.24) is 14.5 Å². The van der Waals surface area contributed by atoms with E-state index in [9.17, 15) is 9.50 Å². The van der Waals surface area contributed by atoms with Crippen molar-refractivity contribution in [2.24, 2.45) is 0 Å². The van der Waals surface area contributed by atoms with Gasteiger partial charge in [0.15, 0.2) is 11.5 Å². The highest BCUT2D eigenvalue weighted by Crippen LogP contribution is 2.30. The Balaban J connectivity index is 1.25. The number of hydrogen-bond donors (Lipinski definition) is 1. The molecule has 2 heterocycles. The van der Waals surface area contributed by atoms with Gasteiger partial charge in [0.25, 0.3) is 0 Å². The van der Waals surface area contributed by atoms with Crippen molar-refractivity contribution in [1.29, 1.82) is 0 Å². The summed E-state index contributed by atoms with van der Waals surface area (Å²) in [5.41, 5.74) is 0.248. The van der Waals surface area contributed by atoms with Gasteiger partial charge in [-0.3, -0.25) is 4.90 Å². The Hall–Kier alpha value is -3.10. The number of aromatic nitrogens is 2. The molecule has 1 N–H and O–H groups in total. The molecule has 0 saturated carbocycles. The Labute approximate surface area is 206 Å². The summed E-state index contributed by atoms with van der Waals surface area (Å²) >= 11 is 0. The molecule has 4 rings (SSSR count). The highest BCUT2D eigenvalue weighted by Gasteiger charge is 2.33. The summed E-state index contributed by atoms with van der Waals surface area (Å²) in [6.07, 6.45) is 5.90. The number of likely N-dealkylation sites (tertiary alicyclic amines) is 1. The van der Waals surface area contributed by atoms with Crippen LogP contribution in [0.5, 0.6) is 17.2 Å². The molecule has 188 valence electrons. The second-order valence-corrected chi connectivity index (χ2v) is 8.97. The molecule has 0 radical (unpaired) electrons. The Morgan fingerprint density at radius 3 is 2.54 bits per heavy atom. The number of methoxy groups -OCH3 is 1. The van der Waals surface area contributed by atoms with Crippen LogP contribution in [-0.4, -0.2) is 58.6 Å². The lowest BCUT2D eigenvalue weighted by atomic mass is 9.92. The van der Waals surface area contributed by atoms with Crippen LogP contribution in [0.2, 0.25) is 0 Å². The number of imidazole rings is 1. The average Bonchev–Trinajstić information content (AvgIpc) is 3.33. The minimum atomic E-state index is -0.882. The molecule has 0 aliphatic carbocycles. The highest BCUT2D eigenvalue weighted by atomic mass is 19.1. The van der Waals surface area contributed by atoms with Crippen molar-refractivity contribution in [3.8, 4) is 17.2 Å². The van der Waals surface area contributed by atoms with Crippen molar-refractivity contribution in [3.05, 3.63) is 72.1 Å². The predicted octanol–water partition coefficient (Wildman–Crippen LogP) is 4.08. The van der Waals surface area contributed by atoms with E-state index in [0.717, 1.165) is 49.7 Å². The van der Waals surface area contributed by atoms with E-state index in [1.165, 1.54) is 12.1 Å². The third-order valence-electron chi connectivity index (χ3n) is 6.45. The third kappa shape index (κ3) is 6.74. The summed E-state index contributed by atoms with van der Waals surface area (Å²) in [5.74, 6) is 2.74. The van der Waals surface area contributed by atoms with Crippen LogP contribution in [0.1, 0.15) is 31.2 Å². The van der Waals surface area contributed by atoms with E-state index in [-0.39, 0.29) is 12.4 Å². The Morgan fingerprint density at radius 1 is 1.06 bits per heavy atom. The number of halogens is 1. The number of ether oxygens (including phenoxy) is 3.